The van der Waals surface area contributed by atoms with Gasteiger partial charge in [0.05, 0.1) is 6.61 Å². The maximum atomic E-state index is 12.0. The lowest BCUT2D eigenvalue weighted by molar-refractivity contribution is 0.102. The fourth-order valence-electron chi connectivity index (χ4n) is 1.64. The minimum atomic E-state index is -0.282. The first-order valence-corrected chi connectivity index (χ1v) is 6.49. The number of hydrogen-bond donors (Lipinski definition) is 2. The number of aryl methyl sites for hydroxylation is 1. The van der Waals surface area contributed by atoms with E-state index < -0.39 is 0 Å². The summed E-state index contributed by atoms with van der Waals surface area (Å²) in [5.74, 6) is 5.37. The highest BCUT2D eigenvalue weighted by molar-refractivity contribution is 6.02. The molecule has 0 aliphatic rings. The van der Waals surface area contributed by atoms with Crippen LogP contribution in [-0.4, -0.2) is 27.6 Å². The smallest absolute Gasteiger partial charge is 0.274 e. The molecule has 0 aliphatic carbocycles. The van der Waals surface area contributed by atoms with Gasteiger partial charge in [0.1, 0.15) is 5.69 Å². The number of carbonyl (C=O) groups is 1. The van der Waals surface area contributed by atoms with Crippen molar-refractivity contribution >= 4 is 11.6 Å². The maximum absolute atomic E-state index is 12.0. The number of rotatable bonds is 3. The molecule has 0 fully saturated rings. The van der Waals surface area contributed by atoms with Crippen LogP contribution in [0, 0.1) is 18.8 Å². The third-order valence-electron chi connectivity index (χ3n) is 2.62. The molecule has 0 saturated carbocycles. The lowest BCUT2D eigenvalue weighted by Crippen LogP contribution is -2.13. The Kier molecular flexibility index (Phi) is 5.02. The highest BCUT2D eigenvalue weighted by atomic mass is 16.2. The number of amides is 1. The summed E-state index contributed by atoms with van der Waals surface area (Å²) in [6.45, 7) is 1.89. The summed E-state index contributed by atoms with van der Waals surface area (Å²) in [7, 11) is 0. The lowest BCUT2D eigenvalue weighted by Gasteiger charge is -2.05. The molecule has 2 N–H and O–H groups in total. The van der Waals surface area contributed by atoms with E-state index in [1.54, 1.807) is 30.5 Å². The number of pyridine rings is 2. The number of anilines is 1. The van der Waals surface area contributed by atoms with Gasteiger partial charge < -0.3 is 10.4 Å². The second kappa shape index (κ2) is 7.17. The number of aliphatic hydroxyl groups excluding tert-OH is 1. The second-order valence-corrected chi connectivity index (χ2v) is 4.35. The molecule has 0 saturated heterocycles. The van der Waals surface area contributed by atoms with Crippen molar-refractivity contribution in [2.75, 3.05) is 11.9 Å². The van der Waals surface area contributed by atoms with Crippen LogP contribution in [0.25, 0.3) is 0 Å². The summed E-state index contributed by atoms with van der Waals surface area (Å²) in [5.41, 5.74) is 2.54. The molecular formula is C16H15N3O2. The van der Waals surface area contributed by atoms with E-state index in [0.717, 1.165) is 5.69 Å². The molecule has 0 atom stereocenters. The van der Waals surface area contributed by atoms with Gasteiger partial charge in [-0.1, -0.05) is 11.8 Å². The largest absolute Gasteiger partial charge is 0.395 e. The van der Waals surface area contributed by atoms with Gasteiger partial charge in [0.25, 0.3) is 5.91 Å². The first kappa shape index (κ1) is 14.7. The van der Waals surface area contributed by atoms with E-state index in [1.165, 1.54) is 6.20 Å². The first-order valence-electron chi connectivity index (χ1n) is 6.49. The Morgan fingerprint density at radius 2 is 2.19 bits per heavy atom. The van der Waals surface area contributed by atoms with Gasteiger partial charge in [-0.2, -0.15) is 0 Å². The maximum Gasteiger partial charge on any atom is 0.274 e. The molecule has 1 amide bonds. The minimum Gasteiger partial charge on any atom is -0.395 e. The van der Waals surface area contributed by atoms with E-state index in [-0.39, 0.29) is 12.5 Å². The van der Waals surface area contributed by atoms with Crippen molar-refractivity contribution in [3.63, 3.8) is 0 Å². The van der Waals surface area contributed by atoms with Crippen LogP contribution in [0.1, 0.15) is 28.2 Å². The SMILES string of the molecule is Cc1cc(NC(=O)c2ccc(C#CCCO)cn2)ccn1. The Morgan fingerprint density at radius 1 is 1.33 bits per heavy atom. The number of aliphatic hydroxyl groups is 1. The van der Waals surface area contributed by atoms with E-state index >= 15 is 0 Å². The van der Waals surface area contributed by atoms with Crippen LogP contribution in [0.5, 0.6) is 0 Å². The number of nitrogens with zero attached hydrogens (tertiary/aromatic N) is 2. The zero-order valence-corrected chi connectivity index (χ0v) is 11.6. The van der Waals surface area contributed by atoms with E-state index in [9.17, 15) is 4.79 Å². The van der Waals surface area contributed by atoms with E-state index in [1.807, 2.05) is 6.92 Å². The predicted octanol–water partition coefficient (Wildman–Crippen LogP) is 1.77. The fraction of sp³-hybridized carbons (Fsp3) is 0.188. The number of nitrogens with one attached hydrogen (secondary N) is 1. The molecule has 0 unspecified atom stereocenters. The Morgan fingerprint density at radius 3 is 2.86 bits per heavy atom. The quantitative estimate of drug-likeness (QED) is 0.841. The van der Waals surface area contributed by atoms with Crippen molar-refractivity contribution in [2.45, 2.75) is 13.3 Å². The third kappa shape index (κ3) is 4.41. The van der Waals surface area contributed by atoms with Gasteiger partial charge in [-0.3, -0.25) is 9.78 Å². The topological polar surface area (TPSA) is 75.1 Å². The average molecular weight is 281 g/mol. The molecule has 0 spiro atoms. The van der Waals surface area contributed by atoms with Gasteiger partial charge in [-0.05, 0) is 31.2 Å². The van der Waals surface area contributed by atoms with E-state index in [4.69, 9.17) is 5.11 Å². The van der Waals surface area contributed by atoms with E-state index in [2.05, 4.69) is 27.1 Å². The van der Waals surface area contributed by atoms with Crippen molar-refractivity contribution in [2.24, 2.45) is 0 Å². The molecule has 5 nitrogen and oxygen atoms in total. The molecule has 0 aliphatic heterocycles. The summed E-state index contributed by atoms with van der Waals surface area (Å²) in [4.78, 5) is 20.2. The van der Waals surface area contributed by atoms with Crippen LogP contribution in [0.2, 0.25) is 0 Å². The van der Waals surface area contributed by atoms with Crippen molar-refractivity contribution < 1.29 is 9.90 Å². The van der Waals surface area contributed by atoms with Crippen LogP contribution >= 0.6 is 0 Å². The first-order chi connectivity index (χ1) is 10.2. The summed E-state index contributed by atoms with van der Waals surface area (Å²) < 4.78 is 0. The Bertz CT molecular complexity index is 685. The molecule has 21 heavy (non-hydrogen) atoms. The molecular weight excluding hydrogens is 266 g/mol. The lowest BCUT2D eigenvalue weighted by atomic mass is 10.2. The molecule has 5 heteroatoms. The molecule has 2 aromatic heterocycles. The number of carbonyl (C=O) groups excluding carboxylic acids is 1. The third-order valence-corrected chi connectivity index (χ3v) is 2.62. The Hall–Kier alpha value is -2.71. The van der Waals surface area contributed by atoms with Gasteiger partial charge in [0.2, 0.25) is 0 Å². The van der Waals surface area contributed by atoms with Crippen molar-refractivity contribution in [1.82, 2.24) is 9.97 Å². The number of hydrogen-bond acceptors (Lipinski definition) is 4. The minimum absolute atomic E-state index is 0.0340. The second-order valence-electron chi connectivity index (χ2n) is 4.35. The van der Waals surface area contributed by atoms with Gasteiger partial charge in [-0.15, -0.1) is 0 Å². The van der Waals surface area contributed by atoms with Crippen LogP contribution in [0.4, 0.5) is 5.69 Å². The van der Waals surface area contributed by atoms with Crippen molar-refractivity contribution in [1.29, 1.82) is 0 Å². The molecule has 2 rings (SSSR count). The van der Waals surface area contributed by atoms with Gasteiger partial charge >= 0.3 is 0 Å². The van der Waals surface area contributed by atoms with Gasteiger partial charge in [0, 0.05) is 35.8 Å². The summed E-state index contributed by atoms with van der Waals surface area (Å²) >= 11 is 0. The molecule has 2 aromatic rings. The Labute approximate surface area is 123 Å². The zero-order chi connectivity index (χ0) is 15.1. The van der Waals surface area contributed by atoms with Crippen molar-refractivity contribution in [3.05, 3.63) is 53.6 Å². The number of aromatic nitrogens is 2. The summed E-state index contributed by atoms with van der Waals surface area (Å²) in [6.07, 6.45) is 3.60. The standard InChI is InChI=1S/C16H15N3O2/c1-12-10-14(7-8-17-12)19-16(21)15-6-5-13(11-18-15)4-2-3-9-20/h5-8,10-11,20H,3,9H2,1H3,(H,17,19,21). The molecule has 2 heterocycles. The average Bonchev–Trinajstić information content (AvgIpc) is 2.48. The van der Waals surface area contributed by atoms with Gasteiger partial charge in [0.15, 0.2) is 0 Å². The van der Waals surface area contributed by atoms with Crippen LogP contribution < -0.4 is 5.32 Å². The predicted molar refractivity (Wildman–Crippen MR) is 79.7 cm³/mol. The van der Waals surface area contributed by atoms with Crippen LogP contribution in [0.3, 0.4) is 0 Å². The van der Waals surface area contributed by atoms with Crippen molar-refractivity contribution in [3.8, 4) is 11.8 Å². The van der Waals surface area contributed by atoms with Crippen LogP contribution in [0.15, 0.2) is 36.7 Å². The monoisotopic (exact) mass is 281 g/mol. The summed E-state index contributed by atoms with van der Waals surface area (Å²) in [6, 6.07) is 6.85. The highest BCUT2D eigenvalue weighted by Crippen LogP contribution is 2.09. The van der Waals surface area contributed by atoms with Gasteiger partial charge in [-0.25, -0.2) is 4.98 Å². The Balaban J connectivity index is 2.05. The normalized spacial score (nSPS) is 9.62. The molecule has 0 radical (unpaired) electrons. The highest BCUT2D eigenvalue weighted by Gasteiger charge is 2.07. The molecule has 0 aromatic carbocycles. The van der Waals surface area contributed by atoms with Crippen LogP contribution in [-0.2, 0) is 0 Å². The fourth-order valence-corrected chi connectivity index (χ4v) is 1.64. The molecule has 0 bridgehead atoms. The molecule has 106 valence electrons. The van der Waals surface area contributed by atoms with E-state index in [0.29, 0.717) is 23.4 Å². The zero-order valence-electron chi connectivity index (χ0n) is 11.6. The summed E-state index contributed by atoms with van der Waals surface area (Å²) in [5, 5.41) is 11.4.